The highest BCUT2D eigenvalue weighted by atomic mass is 32.2. The number of carboxylic acids is 1. The fraction of sp³-hybridized carbons (Fsp3) is 0.250. The van der Waals surface area contributed by atoms with Crippen molar-refractivity contribution < 1.29 is 28.2 Å². The van der Waals surface area contributed by atoms with Gasteiger partial charge in [0.25, 0.3) is 0 Å². The second-order valence-electron chi connectivity index (χ2n) is 7.07. The van der Waals surface area contributed by atoms with Crippen molar-refractivity contribution in [1.82, 2.24) is 4.72 Å². The lowest BCUT2D eigenvalue weighted by atomic mass is 9.99. The van der Waals surface area contributed by atoms with Gasteiger partial charge in [0.2, 0.25) is 10.0 Å². The number of phenols is 1. The number of nitrogen functional groups attached to an aromatic ring is 1. The minimum Gasteiger partial charge on any atom is -0.507 e. The third-order valence-electron chi connectivity index (χ3n) is 4.49. The summed E-state index contributed by atoms with van der Waals surface area (Å²) in [5.41, 5.74) is 7.19. The van der Waals surface area contributed by atoms with E-state index in [0.29, 0.717) is 5.56 Å². The molecule has 0 aromatic heterocycles. The molecular formula is C20H24N4O6S. The Morgan fingerprint density at radius 1 is 1.16 bits per heavy atom. The molecule has 0 heterocycles. The van der Waals surface area contributed by atoms with Gasteiger partial charge in [-0.05, 0) is 47.7 Å². The highest BCUT2D eigenvalue weighted by Crippen LogP contribution is 2.25. The summed E-state index contributed by atoms with van der Waals surface area (Å²) in [6, 6.07) is 8.70. The molecule has 166 valence electrons. The van der Waals surface area contributed by atoms with E-state index in [2.05, 4.69) is 10.0 Å². The molecule has 10 nitrogen and oxygen atoms in total. The molecule has 0 spiro atoms. The number of hydrogen-bond donors (Lipinski definition) is 6. The van der Waals surface area contributed by atoms with Crippen LogP contribution in [0.1, 0.15) is 36.5 Å². The van der Waals surface area contributed by atoms with Crippen LogP contribution >= 0.6 is 0 Å². The van der Waals surface area contributed by atoms with Crippen LogP contribution in [0.15, 0.2) is 41.3 Å². The van der Waals surface area contributed by atoms with E-state index < -0.39 is 32.5 Å². The lowest BCUT2D eigenvalue weighted by Crippen LogP contribution is -2.27. The monoisotopic (exact) mass is 448 g/mol. The molecule has 7 N–H and O–H groups in total. The number of rotatable bonds is 8. The minimum absolute atomic E-state index is 0.0942. The zero-order valence-electron chi connectivity index (χ0n) is 17.0. The molecule has 0 aliphatic heterocycles. The first kappa shape index (κ1) is 23.8. The first-order valence-corrected chi connectivity index (χ1v) is 10.7. The number of carbonyl (C=O) groups excluding carboxylic acids is 1. The highest BCUT2D eigenvalue weighted by molar-refractivity contribution is 7.89. The van der Waals surface area contributed by atoms with Crippen molar-refractivity contribution in [3.05, 3.63) is 53.1 Å². The number of amidine groups is 1. The standard InChI is InChI=1S/C20H24N4O6S/c1-11(2)13-4-3-12(15(9-13)24-19(26)20(27)28)7-8-23-31(29,30)17-10-14(18(21)22)5-6-16(17)25/h3-6,9-11,23,25H,7-8H2,1-2H3,(H3,21,22)(H,24,26)(H,27,28). The second-order valence-corrected chi connectivity index (χ2v) is 8.81. The summed E-state index contributed by atoms with van der Waals surface area (Å²) in [6.45, 7) is 3.78. The molecule has 2 aromatic rings. The van der Waals surface area contributed by atoms with E-state index in [1.807, 2.05) is 19.9 Å². The maximum absolute atomic E-state index is 12.6. The molecule has 0 aliphatic carbocycles. The fourth-order valence-corrected chi connectivity index (χ4v) is 3.91. The van der Waals surface area contributed by atoms with Gasteiger partial charge in [-0.3, -0.25) is 10.2 Å². The Hall–Kier alpha value is -3.44. The van der Waals surface area contributed by atoms with Crippen LogP contribution < -0.4 is 15.8 Å². The molecule has 0 saturated carbocycles. The van der Waals surface area contributed by atoms with Gasteiger partial charge in [0, 0.05) is 17.8 Å². The first-order valence-electron chi connectivity index (χ1n) is 9.26. The number of benzene rings is 2. The van der Waals surface area contributed by atoms with E-state index in [1.165, 1.54) is 6.07 Å². The molecular weight excluding hydrogens is 424 g/mol. The number of carbonyl (C=O) groups is 2. The van der Waals surface area contributed by atoms with Gasteiger partial charge in [0.05, 0.1) is 0 Å². The summed E-state index contributed by atoms with van der Waals surface area (Å²) in [7, 11) is -4.12. The van der Waals surface area contributed by atoms with Crippen LogP contribution in [0.25, 0.3) is 0 Å². The molecule has 0 fully saturated rings. The topological polar surface area (TPSA) is 183 Å². The summed E-state index contributed by atoms with van der Waals surface area (Å²) in [5, 5.41) is 28.5. The number of carboxylic acid groups (broad SMARTS) is 1. The second kappa shape index (κ2) is 9.58. The highest BCUT2D eigenvalue weighted by Gasteiger charge is 2.20. The lowest BCUT2D eigenvalue weighted by Gasteiger charge is -2.15. The summed E-state index contributed by atoms with van der Waals surface area (Å²) in [4.78, 5) is 22.1. The third kappa shape index (κ3) is 6.03. The van der Waals surface area contributed by atoms with E-state index in [-0.39, 0.29) is 36.0 Å². The fourth-order valence-electron chi connectivity index (χ4n) is 2.76. The molecule has 0 atom stereocenters. The molecule has 1 amide bonds. The van der Waals surface area contributed by atoms with Crippen molar-refractivity contribution in [3.63, 3.8) is 0 Å². The summed E-state index contributed by atoms with van der Waals surface area (Å²) in [5.74, 6) is -3.55. The average molecular weight is 449 g/mol. The molecule has 2 rings (SSSR count). The van der Waals surface area contributed by atoms with Gasteiger partial charge in [-0.25, -0.2) is 17.9 Å². The summed E-state index contributed by atoms with van der Waals surface area (Å²) < 4.78 is 27.5. The van der Waals surface area contributed by atoms with E-state index in [4.69, 9.17) is 16.2 Å². The van der Waals surface area contributed by atoms with E-state index >= 15 is 0 Å². The van der Waals surface area contributed by atoms with Crippen LogP contribution in [0, 0.1) is 5.41 Å². The number of nitrogens with one attached hydrogen (secondary N) is 3. The van der Waals surface area contributed by atoms with Crippen LogP contribution in [0.3, 0.4) is 0 Å². The van der Waals surface area contributed by atoms with Gasteiger partial charge in [-0.2, -0.15) is 0 Å². The Balaban J connectivity index is 2.22. The minimum atomic E-state index is -4.12. The van der Waals surface area contributed by atoms with Gasteiger partial charge < -0.3 is 21.3 Å². The number of nitrogens with two attached hydrogens (primary N) is 1. The van der Waals surface area contributed by atoms with Crippen molar-refractivity contribution in [2.45, 2.75) is 31.1 Å². The van der Waals surface area contributed by atoms with Gasteiger partial charge in [0.1, 0.15) is 16.5 Å². The molecule has 0 radical (unpaired) electrons. The van der Waals surface area contributed by atoms with Crippen LogP contribution in [0.2, 0.25) is 0 Å². The Morgan fingerprint density at radius 2 is 1.84 bits per heavy atom. The van der Waals surface area contributed by atoms with Gasteiger partial charge in [0.15, 0.2) is 0 Å². The van der Waals surface area contributed by atoms with Crippen molar-refractivity contribution in [1.29, 1.82) is 5.41 Å². The number of sulfonamides is 1. The summed E-state index contributed by atoms with van der Waals surface area (Å²) >= 11 is 0. The largest absolute Gasteiger partial charge is 0.507 e. The molecule has 31 heavy (non-hydrogen) atoms. The van der Waals surface area contributed by atoms with E-state index in [9.17, 15) is 23.1 Å². The summed E-state index contributed by atoms with van der Waals surface area (Å²) in [6.07, 6.45) is 0.139. The van der Waals surface area contributed by atoms with E-state index in [1.54, 1.807) is 12.1 Å². The predicted molar refractivity (Wildman–Crippen MR) is 115 cm³/mol. The SMILES string of the molecule is CC(C)c1ccc(CCNS(=O)(=O)c2cc(C(=N)N)ccc2O)c(NC(=O)C(=O)O)c1. The normalized spacial score (nSPS) is 11.3. The zero-order chi connectivity index (χ0) is 23.3. The average Bonchev–Trinajstić information content (AvgIpc) is 2.68. The van der Waals surface area contributed by atoms with E-state index in [0.717, 1.165) is 17.7 Å². The Morgan fingerprint density at radius 3 is 2.42 bits per heavy atom. The number of amides is 1. The van der Waals surface area contributed by atoms with Crippen molar-refractivity contribution in [3.8, 4) is 5.75 Å². The van der Waals surface area contributed by atoms with Crippen molar-refractivity contribution >= 4 is 33.4 Å². The number of aromatic hydroxyl groups is 1. The molecule has 11 heteroatoms. The molecule has 0 aliphatic rings. The predicted octanol–water partition coefficient (Wildman–Crippen LogP) is 1.34. The zero-order valence-corrected chi connectivity index (χ0v) is 17.8. The smallest absolute Gasteiger partial charge is 0.394 e. The van der Waals surface area contributed by atoms with Crippen molar-refractivity contribution in [2.24, 2.45) is 5.73 Å². The molecule has 0 saturated heterocycles. The van der Waals surface area contributed by atoms with Crippen LogP contribution in [0.4, 0.5) is 5.69 Å². The Kier molecular flexibility index (Phi) is 7.37. The molecule has 2 aromatic carbocycles. The van der Waals surface area contributed by atoms with Crippen LogP contribution in [-0.4, -0.2) is 42.9 Å². The van der Waals surface area contributed by atoms with Gasteiger partial charge in [-0.1, -0.05) is 26.0 Å². The number of hydrogen-bond acceptors (Lipinski definition) is 6. The number of anilines is 1. The maximum Gasteiger partial charge on any atom is 0.394 e. The lowest BCUT2D eigenvalue weighted by molar-refractivity contribution is -0.147. The number of aliphatic carboxylic acids is 1. The maximum atomic E-state index is 12.6. The van der Waals surface area contributed by atoms with Crippen molar-refractivity contribution in [2.75, 3.05) is 11.9 Å². The van der Waals surface area contributed by atoms with Crippen LogP contribution in [-0.2, 0) is 26.0 Å². The Labute approximate surface area is 179 Å². The van der Waals surface area contributed by atoms with Crippen LogP contribution in [0.5, 0.6) is 5.75 Å². The van der Waals surface area contributed by atoms with Gasteiger partial charge >= 0.3 is 11.9 Å². The Bertz CT molecular complexity index is 1130. The number of phenolic OH excluding ortho intramolecular Hbond substituents is 1. The first-order chi connectivity index (χ1) is 14.4. The molecule has 0 bridgehead atoms. The quantitative estimate of drug-likeness (QED) is 0.200. The molecule has 0 unspecified atom stereocenters. The third-order valence-corrected chi connectivity index (χ3v) is 5.98. The van der Waals surface area contributed by atoms with Gasteiger partial charge in [-0.15, -0.1) is 0 Å².